The Hall–Kier alpha value is -0.850. The molecule has 5 nitrogen and oxygen atoms in total. The van der Waals surface area contributed by atoms with Crippen LogP contribution in [0.25, 0.3) is 0 Å². The summed E-state index contributed by atoms with van der Waals surface area (Å²) in [4.78, 5) is 19.8. The van der Waals surface area contributed by atoms with Crippen molar-refractivity contribution in [2.75, 3.05) is 12.9 Å². The van der Waals surface area contributed by atoms with Crippen LogP contribution < -0.4 is 5.32 Å². The number of halogens is 1. The van der Waals surface area contributed by atoms with Crippen molar-refractivity contribution in [1.29, 1.82) is 0 Å². The Kier molecular flexibility index (Phi) is 5.67. The van der Waals surface area contributed by atoms with E-state index in [2.05, 4.69) is 15.3 Å². The molecule has 0 aromatic carbocycles. The van der Waals surface area contributed by atoms with E-state index in [-0.39, 0.29) is 23.4 Å². The Labute approximate surface area is 109 Å². The average Bonchev–Trinajstić information content (AvgIpc) is 2.36. The fourth-order valence-corrected chi connectivity index (χ4v) is 1.66. The molecule has 7 heteroatoms. The maximum Gasteiger partial charge on any atom is 0.271 e. The lowest BCUT2D eigenvalue weighted by molar-refractivity contribution is 0.0909. The Balaban J connectivity index is 2.87. The second-order valence-corrected chi connectivity index (χ2v) is 4.50. The van der Waals surface area contributed by atoms with E-state index in [1.165, 1.54) is 18.0 Å². The fourth-order valence-electron chi connectivity index (χ4n) is 1.14. The van der Waals surface area contributed by atoms with Crippen molar-refractivity contribution in [1.82, 2.24) is 15.3 Å². The van der Waals surface area contributed by atoms with E-state index in [1.54, 1.807) is 0 Å². The van der Waals surface area contributed by atoms with Gasteiger partial charge in [0.1, 0.15) is 0 Å². The molecule has 0 aliphatic carbocycles. The lowest BCUT2D eigenvalue weighted by Crippen LogP contribution is -2.37. The summed E-state index contributed by atoms with van der Waals surface area (Å²) in [6.07, 6.45) is 3.85. The van der Waals surface area contributed by atoms with Gasteiger partial charge in [-0.05, 0) is 12.7 Å². The van der Waals surface area contributed by atoms with Crippen molar-refractivity contribution in [3.8, 4) is 0 Å². The molecule has 0 bridgehead atoms. The Morgan fingerprint density at radius 1 is 1.71 bits per heavy atom. The maximum absolute atomic E-state index is 11.9. The molecular formula is C10H14ClN3O2S. The molecule has 1 aromatic heterocycles. The molecule has 1 unspecified atom stereocenters. The SMILES string of the molecule is CCC(CO)NC(=O)c1nc(SC)ncc1Cl. The normalized spacial score (nSPS) is 12.2. The minimum atomic E-state index is -0.395. The summed E-state index contributed by atoms with van der Waals surface area (Å²) in [5, 5.41) is 12.3. The summed E-state index contributed by atoms with van der Waals surface area (Å²) in [5.74, 6) is -0.395. The third-order valence-electron chi connectivity index (χ3n) is 2.17. The van der Waals surface area contributed by atoms with E-state index < -0.39 is 5.91 Å². The highest BCUT2D eigenvalue weighted by atomic mass is 35.5. The second-order valence-electron chi connectivity index (χ2n) is 3.31. The van der Waals surface area contributed by atoms with Crippen LogP contribution in [0.4, 0.5) is 0 Å². The molecule has 1 amide bonds. The summed E-state index contributed by atoms with van der Waals surface area (Å²) < 4.78 is 0. The summed E-state index contributed by atoms with van der Waals surface area (Å²) in [7, 11) is 0. The van der Waals surface area contributed by atoms with Gasteiger partial charge in [-0.1, -0.05) is 30.3 Å². The molecule has 0 saturated heterocycles. The number of hydrogen-bond donors (Lipinski definition) is 2. The molecule has 0 radical (unpaired) electrons. The van der Waals surface area contributed by atoms with Crippen LogP contribution in [0.3, 0.4) is 0 Å². The quantitative estimate of drug-likeness (QED) is 0.627. The first kappa shape index (κ1) is 14.2. The molecule has 0 fully saturated rings. The van der Waals surface area contributed by atoms with Gasteiger partial charge in [0.15, 0.2) is 10.9 Å². The Morgan fingerprint density at radius 3 is 2.94 bits per heavy atom. The summed E-state index contributed by atoms with van der Waals surface area (Å²) in [5.41, 5.74) is 0.137. The number of carbonyl (C=O) groups excluding carboxylic acids is 1. The van der Waals surface area contributed by atoms with Gasteiger partial charge in [0.2, 0.25) is 0 Å². The molecule has 2 N–H and O–H groups in total. The number of amides is 1. The predicted octanol–water partition coefficient (Wildman–Crippen LogP) is 1.35. The fraction of sp³-hybridized carbons (Fsp3) is 0.500. The van der Waals surface area contributed by atoms with Crippen LogP contribution in [0.2, 0.25) is 5.02 Å². The van der Waals surface area contributed by atoms with E-state index in [4.69, 9.17) is 16.7 Å². The van der Waals surface area contributed by atoms with E-state index >= 15 is 0 Å². The van der Waals surface area contributed by atoms with Gasteiger partial charge in [-0.15, -0.1) is 0 Å². The third-order valence-corrected chi connectivity index (χ3v) is 3.01. The number of aliphatic hydroxyl groups is 1. The van der Waals surface area contributed by atoms with E-state index in [0.29, 0.717) is 11.6 Å². The molecule has 1 atom stereocenters. The molecule has 1 heterocycles. The van der Waals surface area contributed by atoms with Crippen molar-refractivity contribution in [3.63, 3.8) is 0 Å². The van der Waals surface area contributed by atoms with Crippen molar-refractivity contribution < 1.29 is 9.90 Å². The second kappa shape index (κ2) is 6.78. The van der Waals surface area contributed by atoms with Gasteiger partial charge in [0.05, 0.1) is 23.9 Å². The molecule has 1 aromatic rings. The maximum atomic E-state index is 11.9. The number of thioether (sulfide) groups is 1. The molecule has 17 heavy (non-hydrogen) atoms. The van der Waals surface area contributed by atoms with Gasteiger partial charge in [0, 0.05) is 0 Å². The summed E-state index contributed by atoms with van der Waals surface area (Å²) in [6.45, 7) is 1.76. The lowest BCUT2D eigenvalue weighted by atomic mass is 10.2. The number of hydrogen-bond acceptors (Lipinski definition) is 5. The van der Waals surface area contributed by atoms with Gasteiger partial charge in [-0.2, -0.15) is 0 Å². The largest absolute Gasteiger partial charge is 0.394 e. The molecule has 0 aliphatic heterocycles. The number of aliphatic hydroxyl groups excluding tert-OH is 1. The topological polar surface area (TPSA) is 75.1 Å². The molecule has 0 spiro atoms. The van der Waals surface area contributed by atoms with E-state index in [1.807, 2.05) is 13.2 Å². The van der Waals surface area contributed by atoms with Gasteiger partial charge >= 0.3 is 0 Å². The molecule has 0 saturated carbocycles. The first-order valence-corrected chi connectivity index (χ1v) is 6.70. The van der Waals surface area contributed by atoms with Crippen LogP contribution in [0.1, 0.15) is 23.8 Å². The lowest BCUT2D eigenvalue weighted by Gasteiger charge is -2.14. The van der Waals surface area contributed by atoms with Crippen LogP contribution >= 0.6 is 23.4 Å². The number of rotatable bonds is 5. The number of aromatic nitrogens is 2. The molecule has 0 aliphatic rings. The first-order valence-electron chi connectivity index (χ1n) is 5.10. The van der Waals surface area contributed by atoms with Gasteiger partial charge in [-0.25, -0.2) is 9.97 Å². The van der Waals surface area contributed by atoms with E-state index in [9.17, 15) is 4.79 Å². The first-order chi connectivity index (χ1) is 8.12. The van der Waals surface area contributed by atoms with E-state index in [0.717, 1.165) is 0 Å². The highest BCUT2D eigenvalue weighted by molar-refractivity contribution is 7.98. The molecule has 1 rings (SSSR count). The van der Waals surface area contributed by atoms with Gasteiger partial charge < -0.3 is 10.4 Å². The van der Waals surface area contributed by atoms with Crippen molar-refractivity contribution in [2.45, 2.75) is 24.5 Å². The zero-order valence-corrected chi connectivity index (χ0v) is 11.2. The van der Waals surface area contributed by atoms with Crippen LogP contribution in [-0.2, 0) is 0 Å². The Bertz CT molecular complexity index is 399. The zero-order chi connectivity index (χ0) is 12.8. The predicted molar refractivity (Wildman–Crippen MR) is 67.5 cm³/mol. The van der Waals surface area contributed by atoms with Crippen molar-refractivity contribution in [2.24, 2.45) is 0 Å². The van der Waals surface area contributed by atoms with Crippen molar-refractivity contribution >= 4 is 29.3 Å². The van der Waals surface area contributed by atoms with Crippen molar-refractivity contribution in [3.05, 3.63) is 16.9 Å². The summed E-state index contributed by atoms with van der Waals surface area (Å²) in [6, 6.07) is -0.286. The monoisotopic (exact) mass is 275 g/mol. The average molecular weight is 276 g/mol. The standard InChI is InChI=1S/C10H14ClN3O2S/c1-3-6(5-15)13-9(16)8-7(11)4-12-10(14-8)17-2/h4,6,15H,3,5H2,1-2H3,(H,13,16). The summed E-state index contributed by atoms with van der Waals surface area (Å²) >= 11 is 7.19. The van der Waals surface area contributed by atoms with Crippen LogP contribution in [-0.4, -0.2) is 39.9 Å². The highest BCUT2D eigenvalue weighted by Crippen LogP contribution is 2.16. The number of carbonyl (C=O) groups is 1. The number of nitrogens with one attached hydrogen (secondary N) is 1. The molecule has 94 valence electrons. The zero-order valence-electron chi connectivity index (χ0n) is 9.61. The smallest absolute Gasteiger partial charge is 0.271 e. The highest BCUT2D eigenvalue weighted by Gasteiger charge is 2.16. The van der Waals surface area contributed by atoms with Crippen LogP contribution in [0.15, 0.2) is 11.4 Å². The van der Waals surface area contributed by atoms with Crippen LogP contribution in [0, 0.1) is 0 Å². The van der Waals surface area contributed by atoms with Crippen LogP contribution in [0.5, 0.6) is 0 Å². The third kappa shape index (κ3) is 3.83. The number of nitrogens with zero attached hydrogens (tertiary/aromatic N) is 2. The minimum Gasteiger partial charge on any atom is -0.394 e. The molecular weight excluding hydrogens is 262 g/mol. The minimum absolute atomic E-state index is 0.111. The Morgan fingerprint density at radius 2 is 2.41 bits per heavy atom. The van der Waals surface area contributed by atoms with Gasteiger partial charge in [0.25, 0.3) is 5.91 Å². The van der Waals surface area contributed by atoms with Gasteiger partial charge in [-0.3, -0.25) is 4.79 Å².